The molecule has 0 aliphatic rings. The predicted octanol–water partition coefficient (Wildman–Crippen LogP) is 2.20. The van der Waals surface area contributed by atoms with Crippen molar-refractivity contribution < 1.29 is 0 Å². The van der Waals surface area contributed by atoms with Crippen LogP contribution in [-0.4, -0.2) is 22.6 Å². The lowest BCUT2D eigenvalue weighted by Crippen LogP contribution is -2.43. The number of guanidine groups is 1. The average molecular weight is 314 g/mol. The van der Waals surface area contributed by atoms with Crippen LogP contribution in [0.3, 0.4) is 0 Å². The molecular weight excluding hydrogens is 294 g/mol. The number of nitrogens with two attached hydrogens (primary N) is 1. The summed E-state index contributed by atoms with van der Waals surface area (Å²) in [7, 11) is 0. The summed E-state index contributed by atoms with van der Waals surface area (Å²) in [4.78, 5) is 8.55. The summed E-state index contributed by atoms with van der Waals surface area (Å²) in [6, 6.07) is 3.57. The fraction of sp³-hybridized carbons (Fsp3) is 0.462. The van der Waals surface area contributed by atoms with E-state index in [1.54, 1.807) is 18.3 Å². The first-order valence-corrected chi connectivity index (χ1v) is 7.36. The van der Waals surface area contributed by atoms with Crippen LogP contribution in [0.4, 0.5) is 0 Å². The van der Waals surface area contributed by atoms with Crippen LogP contribution in [0.2, 0.25) is 5.02 Å². The van der Waals surface area contributed by atoms with Crippen molar-refractivity contribution in [3.05, 3.63) is 29.0 Å². The summed E-state index contributed by atoms with van der Waals surface area (Å²) in [6.07, 6.45) is 5.09. The number of hydrogen-bond acceptors (Lipinski definition) is 3. The molecule has 0 saturated carbocycles. The Labute approximate surface area is 130 Å². The summed E-state index contributed by atoms with van der Waals surface area (Å²) in [5.41, 5.74) is 6.20. The zero-order valence-electron chi connectivity index (χ0n) is 11.5. The Morgan fingerprint density at radius 1 is 1.50 bits per heavy atom. The Hall–Kier alpha value is -1.40. The molecule has 0 amide bonds. The lowest BCUT2D eigenvalue weighted by molar-refractivity contribution is 0.689. The summed E-state index contributed by atoms with van der Waals surface area (Å²) < 4.78 is 0. The van der Waals surface area contributed by atoms with Gasteiger partial charge in [-0.25, -0.2) is 4.99 Å². The fourth-order valence-corrected chi connectivity index (χ4v) is 1.80. The lowest BCUT2D eigenvalue weighted by atomic mass is 10.2. The fourth-order valence-electron chi connectivity index (χ4n) is 1.53. The number of hydrogen-bond donors (Lipinski definition) is 3. The third-order valence-corrected chi connectivity index (χ3v) is 2.98. The Morgan fingerprint density at radius 3 is 2.95 bits per heavy atom. The third kappa shape index (κ3) is 6.68. The van der Waals surface area contributed by atoms with Gasteiger partial charge in [-0.3, -0.25) is 4.98 Å². The summed E-state index contributed by atoms with van der Waals surface area (Å²) >= 11 is 10.9. The highest BCUT2D eigenvalue weighted by atomic mass is 35.5. The second-order valence-corrected chi connectivity index (χ2v) is 5.07. The molecule has 1 rings (SSSR count). The van der Waals surface area contributed by atoms with Gasteiger partial charge in [-0.2, -0.15) is 0 Å². The Balaban J connectivity index is 2.59. The molecule has 0 spiro atoms. The molecule has 0 bridgehead atoms. The van der Waals surface area contributed by atoms with E-state index in [4.69, 9.17) is 29.6 Å². The Bertz CT molecular complexity index is 464. The molecule has 1 aromatic heterocycles. The van der Waals surface area contributed by atoms with Crippen molar-refractivity contribution in [3.8, 4) is 0 Å². The van der Waals surface area contributed by atoms with Crippen LogP contribution in [0, 0.1) is 0 Å². The van der Waals surface area contributed by atoms with Gasteiger partial charge in [-0.05, 0) is 30.8 Å². The van der Waals surface area contributed by atoms with Crippen LogP contribution in [0.5, 0.6) is 0 Å². The monoisotopic (exact) mass is 313 g/mol. The van der Waals surface area contributed by atoms with Gasteiger partial charge in [0.25, 0.3) is 0 Å². The first-order valence-electron chi connectivity index (χ1n) is 6.57. The zero-order chi connectivity index (χ0) is 14.8. The Morgan fingerprint density at radius 2 is 2.30 bits per heavy atom. The minimum Gasteiger partial charge on any atom is -0.376 e. The van der Waals surface area contributed by atoms with Gasteiger partial charge in [0.2, 0.25) is 0 Å². The zero-order valence-corrected chi connectivity index (χ0v) is 13.1. The molecule has 110 valence electrons. The van der Waals surface area contributed by atoms with Gasteiger partial charge in [0.1, 0.15) is 0 Å². The summed E-state index contributed by atoms with van der Waals surface area (Å²) in [5.74, 6) is 0.551. The van der Waals surface area contributed by atoms with Crippen molar-refractivity contribution in [2.75, 3.05) is 6.54 Å². The Kier molecular flexibility index (Phi) is 7.91. The van der Waals surface area contributed by atoms with Crippen LogP contribution in [-0.2, 0) is 6.54 Å². The number of pyridine rings is 1. The molecule has 5 nitrogen and oxygen atoms in total. The van der Waals surface area contributed by atoms with Crippen molar-refractivity contribution in [1.82, 2.24) is 15.6 Å². The molecule has 7 heteroatoms. The lowest BCUT2D eigenvalue weighted by Gasteiger charge is -2.11. The van der Waals surface area contributed by atoms with E-state index in [1.807, 2.05) is 0 Å². The number of nitrogens with zero attached hydrogens (tertiary/aromatic N) is 2. The molecule has 0 saturated heterocycles. The quantitative estimate of drug-likeness (QED) is 0.325. The molecule has 20 heavy (non-hydrogen) atoms. The largest absolute Gasteiger partial charge is 0.376 e. The van der Waals surface area contributed by atoms with Crippen LogP contribution in [0.25, 0.3) is 0 Å². The van der Waals surface area contributed by atoms with Crippen molar-refractivity contribution in [2.45, 2.75) is 32.7 Å². The minimum absolute atomic E-state index is 0.179. The first-order chi connectivity index (χ1) is 9.63. The van der Waals surface area contributed by atoms with E-state index in [2.05, 4.69) is 27.5 Å². The van der Waals surface area contributed by atoms with Gasteiger partial charge in [-0.1, -0.05) is 31.4 Å². The van der Waals surface area contributed by atoms with Crippen LogP contribution in [0.1, 0.15) is 31.9 Å². The molecule has 4 N–H and O–H groups in total. The van der Waals surface area contributed by atoms with Gasteiger partial charge in [-0.15, -0.1) is 0 Å². The number of thiocarbonyl (C=S) groups is 1. The highest BCUT2D eigenvalue weighted by Gasteiger charge is 2.02. The molecule has 0 atom stereocenters. The highest BCUT2D eigenvalue weighted by molar-refractivity contribution is 7.80. The highest BCUT2D eigenvalue weighted by Crippen LogP contribution is 2.12. The molecule has 0 radical (unpaired) electrons. The van der Waals surface area contributed by atoms with Crippen molar-refractivity contribution in [1.29, 1.82) is 0 Å². The van der Waals surface area contributed by atoms with Crippen molar-refractivity contribution in [2.24, 2.45) is 10.7 Å². The van der Waals surface area contributed by atoms with Crippen LogP contribution < -0.4 is 16.4 Å². The number of rotatable bonds is 6. The number of nitrogens with one attached hydrogen (secondary N) is 2. The van der Waals surface area contributed by atoms with Gasteiger partial charge in [0.05, 0.1) is 17.3 Å². The van der Waals surface area contributed by atoms with E-state index in [9.17, 15) is 0 Å². The standard InChI is InChI=1S/C13H20ClN5S/c1-2-3-4-7-17-13(19-12(15)20)18-9-11-10(14)6-5-8-16-11/h5-6,8H,2-4,7,9H2,1H3,(H4,15,17,18,19,20). The molecular formula is C13H20ClN5S. The maximum absolute atomic E-state index is 6.04. The van der Waals surface area contributed by atoms with Crippen molar-refractivity contribution >= 4 is 34.9 Å². The second kappa shape index (κ2) is 9.50. The van der Waals surface area contributed by atoms with E-state index >= 15 is 0 Å². The minimum atomic E-state index is 0.179. The number of halogens is 1. The summed E-state index contributed by atoms with van der Waals surface area (Å²) in [5, 5.41) is 6.77. The normalized spacial score (nSPS) is 11.2. The summed E-state index contributed by atoms with van der Waals surface area (Å²) in [6.45, 7) is 3.34. The predicted molar refractivity (Wildman–Crippen MR) is 87.8 cm³/mol. The second-order valence-electron chi connectivity index (χ2n) is 4.22. The molecule has 0 aliphatic heterocycles. The molecule has 0 aromatic carbocycles. The smallest absolute Gasteiger partial charge is 0.197 e. The molecule has 1 aromatic rings. The van der Waals surface area contributed by atoms with E-state index in [0.717, 1.165) is 13.0 Å². The molecule has 0 fully saturated rings. The van der Waals surface area contributed by atoms with Crippen molar-refractivity contribution in [3.63, 3.8) is 0 Å². The number of aromatic nitrogens is 1. The maximum Gasteiger partial charge on any atom is 0.197 e. The van der Waals surface area contributed by atoms with E-state index in [0.29, 0.717) is 23.2 Å². The van der Waals surface area contributed by atoms with Gasteiger partial charge in [0.15, 0.2) is 11.1 Å². The van der Waals surface area contributed by atoms with E-state index in [1.165, 1.54) is 12.8 Å². The number of unbranched alkanes of at least 4 members (excludes halogenated alkanes) is 2. The molecule has 0 unspecified atom stereocenters. The first kappa shape index (κ1) is 16.7. The average Bonchev–Trinajstić information content (AvgIpc) is 2.41. The van der Waals surface area contributed by atoms with E-state index in [-0.39, 0.29) is 5.11 Å². The SMILES string of the molecule is CCCCCNC(=NCc1ncccc1Cl)NC(N)=S. The number of aliphatic imine (C=N–C) groups is 1. The van der Waals surface area contributed by atoms with Gasteiger partial charge >= 0.3 is 0 Å². The topological polar surface area (TPSA) is 75.3 Å². The maximum atomic E-state index is 6.04. The van der Waals surface area contributed by atoms with Gasteiger partial charge in [0, 0.05) is 12.7 Å². The van der Waals surface area contributed by atoms with E-state index < -0.39 is 0 Å². The van der Waals surface area contributed by atoms with Gasteiger partial charge < -0.3 is 16.4 Å². The molecule has 0 aliphatic carbocycles. The van der Waals surface area contributed by atoms with Crippen LogP contribution in [0.15, 0.2) is 23.3 Å². The van der Waals surface area contributed by atoms with Crippen LogP contribution >= 0.6 is 23.8 Å². The molecule has 1 heterocycles. The third-order valence-electron chi connectivity index (χ3n) is 2.54.